The fourth-order valence-corrected chi connectivity index (χ4v) is 4.57. The smallest absolute Gasteiger partial charge is 0.328 e. The molecule has 1 unspecified atom stereocenters. The van der Waals surface area contributed by atoms with Crippen molar-refractivity contribution in [1.29, 1.82) is 0 Å². The summed E-state index contributed by atoms with van der Waals surface area (Å²) in [6.07, 6.45) is 1.44. The molecule has 6 heteroatoms. The van der Waals surface area contributed by atoms with Gasteiger partial charge in [-0.05, 0) is 30.7 Å². The van der Waals surface area contributed by atoms with Crippen LogP contribution >= 0.6 is 16.8 Å². The maximum absolute atomic E-state index is 13.6. The van der Waals surface area contributed by atoms with Gasteiger partial charge in [0.05, 0.1) is 10.6 Å². The molecule has 0 saturated heterocycles. The zero-order chi connectivity index (χ0) is 16.7. The summed E-state index contributed by atoms with van der Waals surface area (Å²) in [6, 6.07) is 17.2. The fraction of sp³-hybridized carbons (Fsp3) is 0.235. The van der Waals surface area contributed by atoms with E-state index >= 15 is 0 Å². The molecule has 0 spiro atoms. The van der Waals surface area contributed by atoms with Gasteiger partial charge in [-0.1, -0.05) is 59.1 Å². The lowest BCUT2D eigenvalue weighted by molar-refractivity contribution is -0.135. The van der Waals surface area contributed by atoms with Gasteiger partial charge in [-0.2, -0.15) is 0 Å². The highest BCUT2D eigenvalue weighted by atomic mass is 31.2. The summed E-state index contributed by atoms with van der Waals surface area (Å²) >= 11 is 0. The third kappa shape index (κ3) is 4.29. The number of nitrogens with one attached hydrogen (secondary N) is 1. The van der Waals surface area contributed by atoms with E-state index < -0.39 is 19.4 Å². The molecule has 0 aliphatic carbocycles. The van der Waals surface area contributed by atoms with Crippen LogP contribution in [-0.4, -0.2) is 12.0 Å². The predicted molar refractivity (Wildman–Crippen MR) is 97.4 cm³/mol. The van der Waals surface area contributed by atoms with Gasteiger partial charge in [-0.3, -0.25) is 14.4 Å². The van der Waals surface area contributed by atoms with E-state index in [4.69, 9.17) is 4.52 Å². The SMILES string of the molecule is CCC[C@H](NP)C(=O)OP(=O)(c1ccccc1)c1ccccc1. The number of benzene rings is 2. The Balaban J connectivity index is 2.40. The van der Waals surface area contributed by atoms with Crippen molar-refractivity contribution in [2.45, 2.75) is 25.8 Å². The van der Waals surface area contributed by atoms with Crippen LogP contribution in [0.15, 0.2) is 60.7 Å². The third-order valence-corrected chi connectivity index (χ3v) is 6.27. The van der Waals surface area contributed by atoms with Crippen LogP contribution in [0.3, 0.4) is 0 Å². The van der Waals surface area contributed by atoms with Crippen LogP contribution in [0, 0.1) is 0 Å². The minimum absolute atomic E-state index is 0.495. The molecule has 1 N–H and O–H groups in total. The van der Waals surface area contributed by atoms with Crippen LogP contribution in [0.2, 0.25) is 0 Å². The van der Waals surface area contributed by atoms with Gasteiger partial charge in [0, 0.05) is 0 Å². The molecule has 0 aliphatic rings. The van der Waals surface area contributed by atoms with Gasteiger partial charge in [0.2, 0.25) is 0 Å². The standard InChI is InChI=1S/C17H21NO3P2/c1-2-9-16(18-22)17(19)21-23(20,14-10-5-3-6-11-14)15-12-7-4-8-13-15/h3-8,10-13,16,18H,2,9,22H2,1H3/t16-/m0/s1. The Kier molecular flexibility index (Phi) is 6.53. The largest absolute Gasteiger partial charge is 0.404 e. The van der Waals surface area contributed by atoms with Crippen molar-refractivity contribution < 1.29 is 13.9 Å². The molecule has 0 heterocycles. The van der Waals surface area contributed by atoms with Crippen molar-refractivity contribution in [3.05, 3.63) is 60.7 Å². The molecule has 2 rings (SSSR count). The van der Waals surface area contributed by atoms with E-state index in [1.165, 1.54) is 0 Å². The van der Waals surface area contributed by atoms with Crippen molar-refractivity contribution in [2.75, 3.05) is 0 Å². The molecule has 2 aromatic carbocycles. The van der Waals surface area contributed by atoms with Gasteiger partial charge < -0.3 is 4.52 Å². The molecule has 23 heavy (non-hydrogen) atoms. The number of carbonyl (C=O) groups excluding carboxylic acids is 1. The number of carbonyl (C=O) groups is 1. The maximum atomic E-state index is 13.6. The van der Waals surface area contributed by atoms with E-state index in [0.29, 0.717) is 17.0 Å². The van der Waals surface area contributed by atoms with Crippen LogP contribution in [0.1, 0.15) is 19.8 Å². The van der Waals surface area contributed by atoms with Crippen molar-refractivity contribution in [1.82, 2.24) is 5.09 Å². The lowest BCUT2D eigenvalue weighted by Gasteiger charge is -2.22. The first kappa shape index (κ1) is 17.9. The predicted octanol–water partition coefficient (Wildman–Crippen LogP) is 3.01. The van der Waals surface area contributed by atoms with Crippen LogP contribution in [-0.2, 0) is 13.9 Å². The molecule has 0 aromatic heterocycles. The zero-order valence-electron chi connectivity index (χ0n) is 13.0. The molecule has 4 nitrogen and oxygen atoms in total. The summed E-state index contributed by atoms with van der Waals surface area (Å²) in [5, 5.41) is 3.87. The lowest BCUT2D eigenvalue weighted by Crippen LogP contribution is -2.33. The Hall–Kier alpha value is -1.47. The average Bonchev–Trinajstić information content (AvgIpc) is 2.61. The van der Waals surface area contributed by atoms with E-state index in [2.05, 4.69) is 14.5 Å². The Bertz CT molecular complexity index is 633. The molecule has 2 atom stereocenters. The number of hydrogen-bond acceptors (Lipinski definition) is 4. The summed E-state index contributed by atoms with van der Waals surface area (Å²) in [4.78, 5) is 12.5. The first-order valence-electron chi connectivity index (χ1n) is 7.52. The minimum atomic E-state index is -3.47. The molecule has 0 aliphatic heterocycles. The third-order valence-electron chi connectivity index (χ3n) is 3.47. The number of rotatable bonds is 7. The molecular formula is C17H21NO3P2. The Morgan fingerprint density at radius 2 is 1.57 bits per heavy atom. The highest BCUT2D eigenvalue weighted by Gasteiger charge is 2.34. The molecule has 122 valence electrons. The molecule has 2 aromatic rings. The molecule has 0 amide bonds. The minimum Gasteiger partial charge on any atom is -0.404 e. The Morgan fingerprint density at radius 1 is 1.09 bits per heavy atom. The first-order chi connectivity index (χ1) is 11.1. The second kappa shape index (κ2) is 8.40. The maximum Gasteiger partial charge on any atom is 0.328 e. The normalized spacial score (nSPS) is 12.6. The Labute approximate surface area is 139 Å². The monoisotopic (exact) mass is 349 g/mol. The molecular weight excluding hydrogens is 328 g/mol. The van der Waals surface area contributed by atoms with Crippen LogP contribution in [0.25, 0.3) is 0 Å². The summed E-state index contributed by atoms with van der Waals surface area (Å²) in [5.41, 5.74) is 0. The van der Waals surface area contributed by atoms with E-state index in [0.717, 1.165) is 6.42 Å². The van der Waals surface area contributed by atoms with Crippen LogP contribution < -0.4 is 15.7 Å². The molecule has 0 saturated carbocycles. The quantitative estimate of drug-likeness (QED) is 0.781. The van der Waals surface area contributed by atoms with Crippen LogP contribution in [0.5, 0.6) is 0 Å². The first-order valence-corrected chi connectivity index (χ1v) is 9.73. The fourth-order valence-electron chi connectivity index (χ4n) is 2.25. The highest BCUT2D eigenvalue weighted by Crippen LogP contribution is 2.45. The van der Waals surface area contributed by atoms with Gasteiger partial charge in [-0.15, -0.1) is 0 Å². The van der Waals surface area contributed by atoms with Gasteiger partial charge in [0.15, 0.2) is 0 Å². The average molecular weight is 349 g/mol. The highest BCUT2D eigenvalue weighted by molar-refractivity contribution is 7.74. The van der Waals surface area contributed by atoms with Crippen molar-refractivity contribution in [3.63, 3.8) is 0 Å². The second-order valence-corrected chi connectivity index (χ2v) is 7.79. The van der Waals surface area contributed by atoms with Gasteiger partial charge in [-0.25, -0.2) is 0 Å². The summed E-state index contributed by atoms with van der Waals surface area (Å²) < 4.78 is 19.1. The van der Waals surface area contributed by atoms with Gasteiger partial charge >= 0.3 is 13.3 Å². The topological polar surface area (TPSA) is 55.4 Å². The van der Waals surface area contributed by atoms with Gasteiger partial charge in [0.25, 0.3) is 0 Å². The summed E-state index contributed by atoms with van der Waals surface area (Å²) in [7, 11) is -1.15. The van der Waals surface area contributed by atoms with E-state index in [-0.39, 0.29) is 0 Å². The molecule has 0 bridgehead atoms. The summed E-state index contributed by atoms with van der Waals surface area (Å²) in [5.74, 6) is -0.502. The molecule has 0 fully saturated rings. The van der Waals surface area contributed by atoms with E-state index in [1.807, 2.05) is 19.1 Å². The lowest BCUT2D eigenvalue weighted by atomic mass is 10.2. The molecule has 0 radical (unpaired) electrons. The van der Waals surface area contributed by atoms with Crippen molar-refractivity contribution in [2.24, 2.45) is 0 Å². The summed E-state index contributed by atoms with van der Waals surface area (Å²) in [6.45, 7) is 1.98. The van der Waals surface area contributed by atoms with Gasteiger partial charge in [0.1, 0.15) is 6.04 Å². The van der Waals surface area contributed by atoms with E-state index in [1.54, 1.807) is 48.5 Å². The van der Waals surface area contributed by atoms with Crippen LogP contribution in [0.4, 0.5) is 0 Å². The van der Waals surface area contributed by atoms with E-state index in [9.17, 15) is 9.36 Å². The second-order valence-electron chi connectivity index (χ2n) is 5.14. The zero-order valence-corrected chi connectivity index (χ0v) is 15.1. The number of hydrogen-bond donors (Lipinski definition) is 1. The van der Waals surface area contributed by atoms with Crippen molar-refractivity contribution in [3.8, 4) is 0 Å². The Morgan fingerprint density at radius 3 is 1.96 bits per heavy atom. The van der Waals surface area contributed by atoms with Crippen molar-refractivity contribution >= 4 is 33.3 Å².